The lowest BCUT2D eigenvalue weighted by Crippen LogP contribution is -2.66. The number of alkyl halides is 10. The van der Waals surface area contributed by atoms with E-state index in [0.29, 0.717) is 50.7 Å². The number of carbonyl (C=O) groups is 6. The molecule has 2 aliphatic carbocycles. The number of nitrogens with zero attached hydrogens (tertiary/aromatic N) is 4. The molecule has 3 N–H and O–H groups in total. The van der Waals surface area contributed by atoms with Gasteiger partial charge >= 0.3 is 25.2 Å². The van der Waals surface area contributed by atoms with E-state index in [0.717, 1.165) is 60.1 Å². The number of aliphatic hydroxyl groups excluding tert-OH is 1. The van der Waals surface area contributed by atoms with Gasteiger partial charge < -0.3 is 49.2 Å². The molecule has 2 saturated carbocycles. The van der Waals surface area contributed by atoms with Crippen molar-refractivity contribution in [3.8, 4) is 11.5 Å². The van der Waals surface area contributed by atoms with Crippen LogP contribution in [0.5, 0.6) is 11.5 Å². The predicted molar refractivity (Wildman–Crippen MR) is 349 cm³/mol. The van der Waals surface area contributed by atoms with Gasteiger partial charge in [-0.25, -0.2) is 0 Å². The molecule has 0 bridgehead atoms. The highest BCUT2D eigenvalue weighted by molar-refractivity contribution is 6.99. The summed E-state index contributed by atoms with van der Waals surface area (Å²) in [7, 11) is -2.73. The van der Waals surface area contributed by atoms with Crippen molar-refractivity contribution in [1.82, 2.24) is 20.4 Å². The third-order valence-electron chi connectivity index (χ3n) is 18.6. The number of halogens is 10. The maximum atomic E-state index is 14.7. The molecule has 16 nitrogen and oxygen atoms in total. The van der Waals surface area contributed by atoms with E-state index in [-0.39, 0.29) is 65.6 Å². The topological polar surface area (TPSA) is 187 Å². The average Bonchev–Trinajstić information content (AvgIpc) is 0.761. The van der Waals surface area contributed by atoms with Crippen molar-refractivity contribution in [3.05, 3.63) is 107 Å². The number of amides is 6. The van der Waals surface area contributed by atoms with Crippen molar-refractivity contribution >= 4 is 65.5 Å². The molecule has 4 aromatic carbocycles. The minimum atomic E-state index is -4.95. The number of anilines is 2. The summed E-state index contributed by atoms with van der Waals surface area (Å²) >= 11 is 0. The van der Waals surface area contributed by atoms with Crippen LogP contribution in [0.1, 0.15) is 172 Å². The van der Waals surface area contributed by atoms with E-state index >= 15 is 0 Å². The van der Waals surface area contributed by atoms with E-state index in [4.69, 9.17) is 13.9 Å². The number of carbonyl (C=O) groups excluding carboxylic acids is 6. The molecule has 534 valence electrons. The fraction of sp³-hybridized carbons (Fsp3) is 0.571. The van der Waals surface area contributed by atoms with Gasteiger partial charge in [-0.3, -0.25) is 28.8 Å². The van der Waals surface area contributed by atoms with Crippen molar-refractivity contribution in [3.63, 3.8) is 0 Å². The van der Waals surface area contributed by atoms with Gasteiger partial charge in [-0.2, -0.15) is 43.9 Å². The normalized spacial score (nSPS) is 19.5. The lowest BCUT2D eigenvalue weighted by Gasteiger charge is -2.44. The number of rotatable bonds is 22. The summed E-state index contributed by atoms with van der Waals surface area (Å²) in [5.74, 6) is -6.13. The summed E-state index contributed by atoms with van der Waals surface area (Å²) in [5.41, 5.74) is -7.16. The Balaban J connectivity index is 0.000000291. The molecule has 4 aromatic rings. The summed E-state index contributed by atoms with van der Waals surface area (Å²) in [6, 6.07) is 22.7. The predicted octanol–water partition coefficient (Wildman–Crippen LogP) is 12.3. The van der Waals surface area contributed by atoms with E-state index in [2.05, 4.69) is 45.0 Å². The molecule has 97 heavy (non-hydrogen) atoms. The van der Waals surface area contributed by atoms with Gasteiger partial charge in [0.15, 0.2) is 11.2 Å². The minimum Gasteiger partial charge on any atom is -0.476 e. The molecule has 0 unspecified atom stereocenters. The molecule has 2 fully saturated rings. The molecule has 27 heteroatoms. The molecular weight excluding hydrogens is 1300 g/mol. The smallest absolute Gasteiger partial charge is 0.417 e. The first kappa shape index (κ1) is 77.1. The average molecular weight is 1390 g/mol. The van der Waals surface area contributed by atoms with Crippen LogP contribution >= 0.6 is 0 Å². The molecule has 6 amide bonds. The highest BCUT2D eigenvalue weighted by Crippen LogP contribution is 2.48. The Labute approximate surface area is 561 Å². The van der Waals surface area contributed by atoms with Crippen molar-refractivity contribution in [2.75, 3.05) is 49.2 Å². The first-order valence-corrected chi connectivity index (χ1v) is 34.8. The Hall–Kier alpha value is -7.26. The van der Waals surface area contributed by atoms with Gasteiger partial charge in [0.25, 0.3) is 43.8 Å². The second-order valence-corrected chi connectivity index (χ2v) is 32.1. The van der Waals surface area contributed by atoms with E-state index in [9.17, 15) is 77.8 Å². The van der Waals surface area contributed by atoms with Crippen LogP contribution in [0.2, 0.25) is 5.04 Å². The largest absolute Gasteiger partial charge is 0.476 e. The zero-order chi connectivity index (χ0) is 71.9. The maximum absolute atomic E-state index is 14.7. The number of hydrogen-bond donors (Lipinski definition) is 3. The van der Waals surface area contributed by atoms with Crippen molar-refractivity contribution in [2.45, 2.75) is 206 Å². The van der Waals surface area contributed by atoms with Crippen LogP contribution in [0, 0.1) is 11.8 Å². The fourth-order valence-electron chi connectivity index (χ4n) is 13.9. The molecule has 2 aliphatic heterocycles. The molecular formula is C70H90F10N6O10Si. The monoisotopic (exact) mass is 1390 g/mol. The molecule has 2 heterocycles. The van der Waals surface area contributed by atoms with E-state index in [1.807, 2.05) is 47.0 Å². The number of benzene rings is 4. The second kappa shape index (κ2) is 31.3. The fourth-order valence-corrected chi connectivity index (χ4v) is 18.5. The van der Waals surface area contributed by atoms with E-state index in [1.165, 1.54) is 47.9 Å². The molecule has 0 saturated heterocycles. The standard InChI is InChI=1S/C43H54F5N3O5Si.C27H36F5N3O5/c1-28(2)51(30-20-18-29(19-21-30)22-25-55-57(41(3,4)5,31-14-10-8-11-15-31)32-16-12-9-13-17-32)39(53)33-26-35-36(27-34(33)43(46,47)48)56-42(6,7)40(54)50(35)24-23-49-38(52)37(44)45;1-15(2)35(17-7-5-16(6-8-17)9-12-36)24(38)18-13-20-21(14-19(18)27(30,31)32)40-26(3,4)25(39)34(20)11-10-33-23(37)22(28)29/h8-17,26-30,37H,18-25H2,1-7H3,(H,49,52);13-17,22,36H,5-12H2,1-4H3,(H,33,37). The molecule has 0 aromatic heterocycles. The van der Waals surface area contributed by atoms with E-state index < -0.39 is 128 Å². The lowest BCUT2D eigenvalue weighted by molar-refractivity contribution is -0.139. The van der Waals surface area contributed by atoms with Crippen molar-refractivity contribution < 1.29 is 91.7 Å². The number of ether oxygens (including phenoxy) is 2. The van der Waals surface area contributed by atoms with Gasteiger partial charge in [-0.15, -0.1) is 0 Å². The maximum Gasteiger partial charge on any atom is 0.417 e. The number of nitrogens with one attached hydrogen (secondary N) is 2. The van der Waals surface area contributed by atoms with Crippen LogP contribution in [0.25, 0.3) is 0 Å². The first-order chi connectivity index (χ1) is 45.3. The van der Waals surface area contributed by atoms with Crippen LogP contribution in [0.4, 0.5) is 55.3 Å². The highest BCUT2D eigenvalue weighted by Gasteiger charge is 2.52. The highest BCUT2D eigenvalue weighted by atomic mass is 28.4. The van der Waals surface area contributed by atoms with Gasteiger partial charge in [0.1, 0.15) is 11.5 Å². The Kier molecular flexibility index (Phi) is 24.9. The number of aliphatic hydroxyl groups is 1. The lowest BCUT2D eigenvalue weighted by atomic mass is 9.83. The summed E-state index contributed by atoms with van der Waals surface area (Å²) in [5, 5.41) is 15.4. The van der Waals surface area contributed by atoms with Crippen LogP contribution in [-0.2, 0) is 36.0 Å². The van der Waals surface area contributed by atoms with Crippen LogP contribution < -0.4 is 40.3 Å². The molecule has 0 atom stereocenters. The van der Waals surface area contributed by atoms with Crippen LogP contribution in [-0.4, -0.2) is 146 Å². The molecule has 8 rings (SSSR count). The first-order valence-electron chi connectivity index (χ1n) is 32.9. The summed E-state index contributed by atoms with van der Waals surface area (Å²) in [4.78, 5) is 82.7. The minimum absolute atomic E-state index is 0.0478. The molecule has 0 spiro atoms. The summed E-state index contributed by atoms with van der Waals surface area (Å²) < 4.78 is 156. The second-order valence-electron chi connectivity index (χ2n) is 27.8. The Morgan fingerprint density at radius 3 is 1.25 bits per heavy atom. The van der Waals surface area contributed by atoms with Gasteiger partial charge in [-0.05, 0) is 171 Å². The van der Waals surface area contributed by atoms with Crippen LogP contribution in [0.15, 0.2) is 84.9 Å². The zero-order valence-electron chi connectivity index (χ0n) is 56.7. The molecule has 4 aliphatic rings. The Morgan fingerprint density at radius 1 is 0.588 bits per heavy atom. The van der Waals surface area contributed by atoms with Gasteiger partial charge in [0.05, 0.1) is 33.6 Å². The molecule has 0 radical (unpaired) electrons. The number of fused-ring (bicyclic) bond motifs is 2. The SMILES string of the molecule is CC(C)N(C(=O)c1cc2c(cc1C(F)(F)F)OC(C)(C)C(=O)N2CCNC(=O)C(F)F)C1CCC(CCO)CC1.CC(C)N(C(=O)c1cc2c(cc1C(F)(F)F)OC(C)(C)C(=O)N2CCNC(=O)C(F)F)C1CCC(CCO[Si](c2ccccc2)(c2ccccc2)C(C)(C)C)CC1. The van der Waals surface area contributed by atoms with E-state index in [1.54, 1.807) is 27.7 Å². The Morgan fingerprint density at radius 2 is 0.938 bits per heavy atom. The van der Waals surface area contributed by atoms with Gasteiger partial charge in [0.2, 0.25) is 0 Å². The zero-order valence-corrected chi connectivity index (χ0v) is 57.7. The number of hydrogen-bond acceptors (Lipinski definition) is 10. The third-order valence-corrected chi connectivity index (χ3v) is 23.6. The van der Waals surface area contributed by atoms with Crippen molar-refractivity contribution in [1.29, 1.82) is 0 Å². The Bertz CT molecular complexity index is 3370. The summed E-state index contributed by atoms with van der Waals surface area (Å²) in [6.45, 7) is 18.2. The summed E-state index contributed by atoms with van der Waals surface area (Å²) in [6.07, 6.45) is -9.69. The quantitative estimate of drug-likeness (QED) is 0.0505. The van der Waals surface area contributed by atoms with Gasteiger partial charge in [-0.1, -0.05) is 81.4 Å². The van der Waals surface area contributed by atoms with Gasteiger partial charge in [0, 0.05) is 63.6 Å². The van der Waals surface area contributed by atoms with Crippen LogP contribution in [0.3, 0.4) is 0 Å². The third kappa shape index (κ3) is 17.8. The van der Waals surface area contributed by atoms with Crippen molar-refractivity contribution in [2.24, 2.45) is 11.8 Å².